The maximum absolute atomic E-state index is 12.9. The normalized spacial score (nSPS) is 17.6. The van der Waals surface area contributed by atoms with Crippen molar-refractivity contribution in [3.63, 3.8) is 0 Å². The minimum absolute atomic E-state index is 0.105. The summed E-state index contributed by atoms with van der Waals surface area (Å²) in [7, 11) is -2.23. The molecule has 7 nitrogen and oxygen atoms in total. The fourth-order valence-electron chi connectivity index (χ4n) is 3.04. The van der Waals surface area contributed by atoms with Crippen LogP contribution in [0.25, 0.3) is 0 Å². The molecule has 0 radical (unpaired) electrons. The van der Waals surface area contributed by atoms with Crippen LogP contribution in [0.1, 0.15) is 18.4 Å². The maximum Gasteiger partial charge on any atom is 0.258 e. The highest BCUT2D eigenvalue weighted by Gasteiger charge is 2.39. The van der Waals surface area contributed by atoms with E-state index < -0.39 is 22.0 Å². The van der Waals surface area contributed by atoms with Crippen LogP contribution in [-0.4, -0.2) is 44.5 Å². The van der Waals surface area contributed by atoms with Crippen LogP contribution >= 0.6 is 27.5 Å². The van der Waals surface area contributed by atoms with Crippen molar-refractivity contribution >= 4 is 49.7 Å². The summed E-state index contributed by atoms with van der Waals surface area (Å²) in [5.74, 6) is 0.212. The molecular formula is C19H19BrClN3O4S. The SMILES string of the molecule is COc1ccc(/C=N\NC(=O)[C@H]2CCCN2S(=O)(=O)c2ccc(Cl)cc2)cc1Br. The second-order valence-electron chi connectivity index (χ2n) is 6.36. The van der Waals surface area contributed by atoms with E-state index in [1.807, 2.05) is 0 Å². The Hall–Kier alpha value is -1.94. The van der Waals surface area contributed by atoms with Gasteiger partial charge in [-0.3, -0.25) is 4.79 Å². The molecule has 1 fully saturated rings. The van der Waals surface area contributed by atoms with Crippen LogP contribution in [0.15, 0.2) is 56.9 Å². The average molecular weight is 501 g/mol. The van der Waals surface area contributed by atoms with E-state index in [0.29, 0.717) is 23.6 Å². The summed E-state index contributed by atoms with van der Waals surface area (Å²) in [5.41, 5.74) is 3.19. The fraction of sp³-hybridized carbons (Fsp3) is 0.263. The molecule has 2 aromatic carbocycles. The quantitative estimate of drug-likeness (QED) is 0.486. The van der Waals surface area contributed by atoms with Crippen molar-refractivity contribution in [3.05, 3.63) is 57.5 Å². The molecule has 1 aliphatic heterocycles. The number of nitrogens with one attached hydrogen (secondary N) is 1. The lowest BCUT2D eigenvalue weighted by Gasteiger charge is -2.22. The number of ether oxygens (including phenoxy) is 1. The molecular weight excluding hydrogens is 482 g/mol. The third-order valence-electron chi connectivity index (χ3n) is 4.49. The first-order valence-electron chi connectivity index (χ1n) is 8.77. The zero-order chi connectivity index (χ0) is 21.0. The first-order chi connectivity index (χ1) is 13.8. The van der Waals surface area contributed by atoms with Crippen molar-refractivity contribution < 1.29 is 17.9 Å². The molecule has 0 aliphatic carbocycles. The number of benzene rings is 2. The van der Waals surface area contributed by atoms with Crippen molar-refractivity contribution in [2.45, 2.75) is 23.8 Å². The smallest absolute Gasteiger partial charge is 0.258 e. The van der Waals surface area contributed by atoms with Gasteiger partial charge in [-0.25, -0.2) is 13.8 Å². The highest BCUT2D eigenvalue weighted by Crippen LogP contribution is 2.27. The number of hydrogen-bond acceptors (Lipinski definition) is 5. The largest absolute Gasteiger partial charge is 0.496 e. The monoisotopic (exact) mass is 499 g/mol. The van der Waals surface area contributed by atoms with Gasteiger partial charge in [-0.05, 0) is 76.8 Å². The van der Waals surface area contributed by atoms with E-state index in [-0.39, 0.29) is 11.4 Å². The minimum atomic E-state index is -3.80. The highest BCUT2D eigenvalue weighted by atomic mass is 79.9. The second kappa shape index (κ2) is 9.25. The Morgan fingerprint density at radius 3 is 2.69 bits per heavy atom. The Kier molecular flexibility index (Phi) is 6.94. The van der Waals surface area contributed by atoms with Crippen molar-refractivity contribution in [2.24, 2.45) is 5.10 Å². The highest BCUT2D eigenvalue weighted by molar-refractivity contribution is 9.10. The van der Waals surface area contributed by atoms with Crippen molar-refractivity contribution in [1.29, 1.82) is 0 Å². The van der Waals surface area contributed by atoms with Gasteiger partial charge in [0.2, 0.25) is 10.0 Å². The van der Waals surface area contributed by atoms with Crippen LogP contribution in [0, 0.1) is 0 Å². The van der Waals surface area contributed by atoms with E-state index in [9.17, 15) is 13.2 Å². The number of methoxy groups -OCH3 is 1. The number of carbonyl (C=O) groups is 1. The minimum Gasteiger partial charge on any atom is -0.496 e. The van der Waals surface area contributed by atoms with Gasteiger partial charge in [0.15, 0.2) is 0 Å². The van der Waals surface area contributed by atoms with Gasteiger partial charge < -0.3 is 4.74 Å². The number of nitrogens with zero attached hydrogens (tertiary/aromatic N) is 2. The van der Waals surface area contributed by atoms with Gasteiger partial charge in [0.05, 0.1) is 22.7 Å². The third kappa shape index (κ3) is 4.98. The average Bonchev–Trinajstić information content (AvgIpc) is 3.19. The molecule has 3 rings (SSSR count). The molecule has 1 N–H and O–H groups in total. The topological polar surface area (TPSA) is 88.1 Å². The molecule has 1 amide bonds. The van der Waals surface area contributed by atoms with E-state index in [1.54, 1.807) is 25.3 Å². The van der Waals surface area contributed by atoms with Gasteiger partial charge >= 0.3 is 0 Å². The standard InChI is InChI=1S/C19H19BrClN3O4S/c1-28-18-9-4-13(11-16(18)20)12-22-23-19(25)17-3-2-10-24(17)29(26,27)15-7-5-14(21)6-8-15/h4-9,11-12,17H,2-3,10H2,1H3,(H,23,25)/b22-12-/t17-/m1/s1. The molecule has 29 heavy (non-hydrogen) atoms. The molecule has 0 aromatic heterocycles. The molecule has 2 aromatic rings. The molecule has 0 spiro atoms. The molecule has 0 unspecified atom stereocenters. The van der Waals surface area contributed by atoms with E-state index in [0.717, 1.165) is 10.0 Å². The number of hydrogen-bond donors (Lipinski definition) is 1. The fourth-order valence-corrected chi connectivity index (χ4v) is 5.38. The van der Waals surface area contributed by atoms with Gasteiger partial charge in [-0.15, -0.1) is 0 Å². The summed E-state index contributed by atoms with van der Waals surface area (Å²) < 4.78 is 32.9. The van der Waals surface area contributed by atoms with Gasteiger partial charge in [0.25, 0.3) is 5.91 Å². The zero-order valence-corrected chi connectivity index (χ0v) is 18.7. The summed E-state index contributed by atoms with van der Waals surface area (Å²) >= 11 is 9.22. The summed E-state index contributed by atoms with van der Waals surface area (Å²) in [4.78, 5) is 12.7. The maximum atomic E-state index is 12.9. The van der Waals surface area contributed by atoms with Crippen LogP contribution in [0.4, 0.5) is 0 Å². The van der Waals surface area contributed by atoms with Gasteiger partial charge in [-0.2, -0.15) is 9.41 Å². The molecule has 1 heterocycles. The molecule has 0 saturated carbocycles. The summed E-state index contributed by atoms with van der Waals surface area (Å²) in [6.07, 6.45) is 2.51. The number of rotatable bonds is 6. The van der Waals surface area contributed by atoms with Crippen LogP contribution in [0.3, 0.4) is 0 Å². The van der Waals surface area contributed by atoms with Crippen LogP contribution in [0.2, 0.25) is 5.02 Å². The molecule has 154 valence electrons. The number of carbonyl (C=O) groups excluding carboxylic acids is 1. The lowest BCUT2D eigenvalue weighted by molar-refractivity contribution is -0.124. The Balaban J connectivity index is 1.70. The first kappa shape index (κ1) is 21.8. The molecule has 1 aliphatic rings. The van der Waals surface area contributed by atoms with Crippen molar-refractivity contribution in [1.82, 2.24) is 9.73 Å². The summed E-state index contributed by atoms with van der Waals surface area (Å²) in [6.45, 7) is 0.276. The van der Waals surface area contributed by atoms with Crippen molar-refractivity contribution in [2.75, 3.05) is 13.7 Å². The zero-order valence-electron chi connectivity index (χ0n) is 15.5. The van der Waals surface area contributed by atoms with Gasteiger partial charge in [-0.1, -0.05) is 11.6 Å². The van der Waals surface area contributed by atoms with E-state index >= 15 is 0 Å². The lowest BCUT2D eigenvalue weighted by Crippen LogP contribution is -2.44. The Morgan fingerprint density at radius 2 is 2.03 bits per heavy atom. The molecule has 0 bridgehead atoms. The first-order valence-corrected chi connectivity index (χ1v) is 11.4. The Labute approximate surface area is 182 Å². The van der Waals surface area contributed by atoms with E-state index in [1.165, 1.54) is 34.8 Å². The number of halogens is 2. The van der Waals surface area contributed by atoms with Gasteiger partial charge in [0.1, 0.15) is 11.8 Å². The predicted molar refractivity (Wildman–Crippen MR) is 115 cm³/mol. The Bertz CT molecular complexity index is 1030. The Morgan fingerprint density at radius 1 is 1.31 bits per heavy atom. The van der Waals surface area contributed by atoms with Crippen molar-refractivity contribution in [3.8, 4) is 5.75 Å². The third-order valence-corrected chi connectivity index (χ3v) is 7.28. The second-order valence-corrected chi connectivity index (χ2v) is 9.54. The molecule has 10 heteroatoms. The molecule has 1 atom stereocenters. The van der Waals surface area contributed by atoms with E-state index in [4.69, 9.17) is 16.3 Å². The number of amides is 1. The summed E-state index contributed by atoms with van der Waals surface area (Å²) in [5, 5.41) is 4.40. The number of sulfonamides is 1. The lowest BCUT2D eigenvalue weighted by atomic mass is 10.2. The van der Waals surface area contributed by atoms with Crippen LogP contribution < -0.4 is 10.2 Å². The summed E-state index contributed by atoms with van der Waals surface area (Å²) in [6, 6.07) is 10.4. The molecule has 1 saturated heterocycles. The van der Waals surface area contributed by atoms with Crippen LogP contribution in [0.5, 0.6) is 5.75 Å². The van der Waals surface area contributed by atoms with E-state index in [2.05, 4.69) is 26.5 Å². The van der Waals surface area contributed by atoms with Crippen LogP contribution in [-0.2, 0) is 14.8 Å². The predicted octanol–water partition coefficient (Wildman–Crippen LogP) is 3.41. The number of hydrazone groups is 1. The van der Waals surface area contributed by atoms with Gasteiger partial charge in [0, 0.05) is 11.6 Å².